The number of anilines is 1. The van der Waals surface area contributed by atoms with E-state index in [1.54, 1.807) is 12.1 Å². The summed E-state index contributed by atoms with van der Waals surface area (Å²) in [6.45, 7) is 2.03. The predicted molar refractivity (Wildman–Crippen MR) is 75.9 cm³/mol. The van der Waals surface area contributed by atoms with Crippen LogP contribution < -0.4 is 5.73 Å². The molecule has 0 amide bonds. The van der Waals surface area contributed by atoms with Gasteiger partial charge in [0.2, 0.25) is 0 Å². The number of rotatable bonds is 2. The van der Waals surface area contributed by atoms with Crippen LogP contribution in [-0.2, 0) is 0 Å². The van der Waals surface area contributed by atoms with Gasteiger partial charge in [-0.05, 0) is 42.8 Å². The molecule has 0 fully saturated rings. The third kappa shape index (κ3) is 2.20. The van der Waals surface area contributed by atoms with Gasteiger partial charge in [0.25, 0.3) is 0 Å². The van der Waals surface area contributed by atoms with Crippen LogP contribution in [0.1, 0.15) is 23.0 Å². The first-order valence-electron chi connectivity index (χ1n) is 6.17. The smallest absolute Gasteiger partial charge is 0.138 e. The molecule has 3 aromatic rings. The Kier molecular flexibility index (Phi) is 2.76. The van der Waals surface area contributed by atoms with Crippen LogP contribution in [0.3, 0.4) is 0 Å². The van der Waals surface area contributed by atoms with Gasteiger partial charge in [-0.1, -0.05) is 23.8 Å². The van der Waals surface area contributed by atoms with Crippen molar-refractivity contribution in [2.24, 2.45) is 0 Å². The summed E-state index contributed by atoms with van der Waals surface area (Å²) in [7, 11) is 0. The van der Waals surface area contributed by atoms with Crippen LogP contribution >= 0.6 is 0 Å². The first kappa shape index (κ1) is 11.8. The molecule has 3 rings (SSSR count). The van der Waals surface area contributed by atoms with E-state index in [2.05, 4.69) is 0 Å². The molecule has 0 aliphatic heterocycles. The maximum absolute atomic E-state index is 10.3. The van der Waals surface area contributed by atoms with Gasteiger partial charge in [0.1, 0.15) is 17.4 Å². The Morgan fingerprint density at radius 1 is 1.11 bits per heavy atom. The first-order chi connectivity index (χ1) is 9.13. The van der Waals surface area contributed by atoms with Gasteiger partial charge in [0.05, 0.1) is 0 Å². The van der Waals surface area contributed by atoms with Crippen molar-refractivity contribution in [2.75, 3.05) is 5.73 Å². The second-order valence-corrected chi connectivity index (χ2v) is 4.76. The molecule has 0 spiro atoms. The summed E-state index contributed by atoms with van der Waals surface area (Å²) >= 11 is 0. The van der Waals surface area contributed by atoms with Crippen molar-refractivity contribution >= 4 is 16.7 Å². The third-order valence-electron chi connectivity index (χ3n) is 3.19. The highest BCUT2D eigenvalue weighted by Crippen LogP contribution is 2.29. The Bertz CT molecular complexity index is 730. The van der Waals surface area contributed by atoms with Crippen LogP contribution in [0.4, 0.5) is 5.69 Å². The van der Waals surface area contributed by atoms with Crippen LogP contribution in [-0.4, -0.2) is 5.11 Å². The van der Waals surface area contributed by atoms with Crippen LogP contribution in [0, 0.1) is 6.92 Å². The summed E-state index contributed by atoms with van der Waals surface area (Å²) in [4.78, 5) is 0. The lowest BCUT2D eigenvalue weighted by Crippen LogP contribution is -1.98. The van der Waals surface area contributed by atoms with Crippen LogP contribution in [0.25, 0.3) is 11.0 Å². The molecule has 0 bridgehead atoms. The van der Waals surface area contributed by atoms with Crippen molar-refractivity contribution in [1.82, 2.24) is 0 Å². The number of hydrogen-bond donors (Lipinski definition) is 2. The van der Waals surface area contributed by atoms with E-state index >= 15 is 0 Å². The van der Waals surface area contributed by atoms with Crippen molar-refractivity contribution in [3.63, 3.8) is 0 Å². The van der Waals surface area contributed by atoms with Crippen molar-refractivity contribution in [2.45, 2.75) is 13.0 Å². The molecular formula is C16H15NO2. The number of nitrogen functional groups attached to an aromatic ring is 1. The average molecular weight is 253 g/mol. The molecule has 1 atom stereocenters. The first-order valence-corrected chi connectivity index (χ1v) is 6.17. The minimum absolute atomic E-state index is 0.534. The Balaban J connectivity index is 2.04. The van der Waals surface area contributed by atoms with Gasteiger partial charge in [-0.25, -0.2) is 0 Å². The maximum atomic E-state index is 10.3. The molecule has 0 saturated heterocycles. The van der Waals surface area contributed by atoms with E-state index in [-0.39, 0.29) is 0 Å². The largest absolute Gasteiger partial charge is 0.458 e. The zero-order valence-electron chi connectivity index (χ0n) is 10.6. The van der Waals surface area contributed by atoms with E-state index in [4.69, 9.17) is 10.2 Å². The van der Waals surface area contributed by atoms with Crippen molar-refractivity contribution in [3.05, 3.63) is 65.4 Å². The molecule has 1 heterocycles. The highest BCUT2D eigenvalue weighted by atomic mass is 16.4. The fourth-order valence-electron chi connectivity index (χ4n) is 2.21. The van der Waals surface area contributed by atoms with Gasteiger partial charge >= 0.3 is 0 Å². The topological polar surface area (TPSA) is 59.4 Å². The molecule has 2 aromatic carbocycles. The fourth-order valence-corrected chi connectivity index (χ4v) is 2.21. The SMILES string of the molecule is Cc1ccc2oc(C(O)c3cccc(N)c3)cc2c1. The Morgan fingerprint density at radius 3 is 2.74 bits per heavy atom. The molecule has 1 unspecified atom stereocenters. The van der Waals surface area contributed by atoms with Gasteiger partial charge in [-0.3, -0.25) is 0 Å². The molecule has 3 N–H and O–H groups in total. The summed E-state index contributed by atoms with van der Waals surface area (Å²) in [6.07, 6.45) is -0.795. The molecular weight excluding hydrogens is 238 g/mol. The van der Waals surface area contributed by atoms with Gasteiger partial charge in [-0.15, -0.1) is 0 Å². The molecule has 3 nitrogen and oxygen atoms in total. The van der Waals surface area contributed by atoms with E-state index < -0.39 is 6.10 Å². The normalized spacial score (nSPS) is 12.7. The molecule has 0 radical (unpaired) electrons. The second-order valence-electron chi connectivity index (χ2n) is 4.76. The van der Waals surface area contributed by atoms with Crippen molar-refractivity contribution in [1.29, 1.82) is 0 Å². The van der Waals surface area contributed by atoms with Gasteiger partial charge in [0, 0.05) is 11.1 Å². The number of aryl methyl sites for hydroxylation is 1. The lowest BCUT2D eigenvalue weighted by Gasteiger charge is -2.08. The number of aliphatic hydroxyl groups excluding tert-OH is 1. The molecule has 19 heavy (non-hydrogen) atoms. The Hall–Kier alpha value is -2.26. The summed E-state index contributed by atoms with van der Waals surface area (Å²) in [5, 5.41) is 11.3. The van der Waals surface area contributed by atoms with E-state index in [0.29, 0.717) is 11.4 Å². The number of nitrogens with two attached hydrogens (primary N) is 1. The van der Waals surface area contributed by atoms with Gasteiger partial charge in [0.15, 0.2) is 0 Å². The number of fused-ring (bicyclic) bond motifs is 1. The average Bonchev–Trinajstić information content (AvgIpc) is 2.80. The molecule has 0 aliphatic carbocycles. The standard InChI is InChI=1S/C16H15NO2/c1-10-5-6-14-12(7-10)9-15(19-14)16(18)11-3-2-4-13(17)8-11/h2-9,16,18H,17H2,1H3. The van der Waals surface area contributed by atoms with Gasteiger partial charge < -0.3 is 15.3 Å². The summed E-state index contributed by atoms with van der Waals surface area (Å²) in [5.74, 6) is 0.534. The lowest BCUT2D eigenvalue weighted by molar-refractivity contribution is 0.192. The van der Waals surface area contributed by atoms with E-state index in [0.717, 1.165) is 16.5 Å². The number of furan rings is 1. The zero-order chi connectivity index (χ0) is 13.4. The van der Waals surface area contributed by atoms with Crippen molar-refractivity contribution in [3.8, 4) is 0 Å². The van der Waals surface area contributed by atoms with E-state index in [1.807, 2.05) is 43.3 Å². The highest BCUT2D eigenvalue weighted by molar-refractivity contribution is 5.78. The van der Waals surface area contributed by atoms with Crippen molar-refractivity contribution < 1.29 is 9.52 Å². The minimum Gasteiger partial charge on any atom is -0.458 e. The Labute approximate surface area is 111 Å². The molecule has 0 aliphatic rings. The van der Waals surface area contributed by atoms with Crippen LogP contribution in [0.15, 0.2) is 52.9 Å². The summed E-state index contributed by atoms with van der Waals surface area (Å²) in [6, 6.07) is 15.0. The number of aliphatic hydroxyl groups is 1. The quantitative estimate of drug-likeness (QED) is 0.688. The molecule has 3 heteroatoms. The second kappa shape index (κ2) is 4.44. The monoisotopic (exact) mass is 253 g/mol. The van der Waals surface area contributed by atoms with E-state index in [9.17, 15) is 5.11 Å². The van der Waals surface area contributed by atoms with Crippen LogP contribution in [0.2, 0.25) is 0 Å². The number of benzene rings is 2. The molecule has 1 aromatic heterocycles. The highest BCUT2D eigenvalue weighted by Gasteiger charge is 2.15. The Morgan fingerprint density at radius 2 is 1.95 bits per heavy atom. The summed E-state index contributed by atoms with van der Waals surface area (Å²) < 4.78 is 5.69. The summed E-state index contributed by atoms with van der Waals surface area (Å²) in [5.41, 5.74) is 9.03. The van der Waals surface area contributed by atoms with Crippen LogP contribution in [0.5, 0.6) is 0 Å². The molecule has 96 valence electrons. The lowest BCUT2D eigenvalue weighted by atomic mass is 10.1. The molecule has 0 saturated carbocycles. The zero-order valence-corrected chi connectivity index (χ0v) is 10.6. The predicted octanol–water partition coefficient (Wildman–Crippen LogP) is 3.41. The van der Waals surface area contributed by atoms with E-state index in [1.165, 1.54) is 5.56 Å². The third-order valence-corrected chi connectivity index (χ3v) is 3.19. The minimum atomic E-state index is -0.795. The fraction of sp³-hybridized carbons (Fsp3) is 0.125. The number of hydrogen-bond acceptors (Lipinski definition) is 3. The van der Waals surface area contributed by atoms with Gasteiger partial charge in [-0.2, -0.15) is 0 Å². The maximum Gasteiger partial charge on any atom is 0.138 e.